The summed E-state index contributed by atoms with van der Waals surface area (Å²) in [7, 11) is 0. The van der Waals surface area contributed by atoms with Gasteiger partial charge < -0.3 is 4.98 Å². The Labute approximate surface area is 103 Å². The molecule has 0 spiro atoms. The molecule has 1 N–H and O–H groups in total. The van der Waals surface area contributed by atoms with E-state index >= 15 is 0 Å². The van der Waals surface area contributed by atoms with Crippen LogP contribution in [-0.2, 0) is 6.54 Å². The first-order valence-electron chi connectivity index (χ1n) is 5.93. The molecule has 2 aromatic heterocycles. The molecule has 0 aromatic carbocycles. The van der Waals surface area contributed by atoms with Crippen molar-refractivity contribution in [2.24, 2.45) is 0 Å². The van der Waals surface area contributed by atoms with Crippen LogP contribution >= 0.6 is 0 Å². The minimum Gasteiger partial charge on any atom is -0.307 e. The summed E-state index contributed by atoms with van der Waals surface area (Å²) < 4.78 is 27.5. The topological polar surface area (TPSA) is 50.7 Å². The maximum absolute atomic E-state index is 12.9. The molecule has 2 heterocycles. The van der Waals surface area contributed by atoms with Gasteiger partial charge in [0, 0.05) is 23.6 Å². The van der Waals surface area contributed by atoms with Gasteiger partial charge in [0.25, 0.3) is 6.43 Å². The summed E-state index contributed by atoms with van der Waals surface area (Å²) in [6.45, 7) is 4.32. The van der Waals surface area contributed by atoms with E-state index in [2.05, 4.69) is 10.1 Å². The Hall–Kier alpha value is -1.72. The van der Waals surface area contributed by atoms with Crippen LogP contribution in [0.15, 0.2) is 10.9 Å². The van der Waals surface area contributed by atoms with Crippen LogP contribution in [-0.4, -0.2) is 14.8 Å². The number of unbranched alkanes of at least 4 members (excludes halogenated alkanes) is 1. The summed E-state index contributed by atoms with van der Waals surface area (Å²) in [5, 5.41) is 4.59. The van der Waals surface area contributed by atoms with Crippen LogP contribution in [0.2, 0.25) is 0 Å². The van der Waals surface area contributed by atoms with Crippen molar-refractivity contribution in [2.75, 3.05) is 0 Å². The molecule has 0 bridgehead atoms. The van der Waals surface area contributed by atoms with Crippen LogP contribution in [0.1, 0.15) is 37.4 Å². The molecule has 0 fully saturated rings. The van der Waals surface area contributed by atoms with Gasteiger partial charge in [0.15, 0.2) is 0 Å². The monoisotopic (exact) mass is 255 g/mol. The highest BCUT2D eigenvalue weighted by atomic mass is 19.3. The van der Waals surface area contributed by atoms with Gasteiger partial charge in [-0.2, -0.15) is 5.10 Å². The smallest absolute Gasteiger partial charge is 0.264 e. The lowest BCUT2D eigenvalue weighted by Gasteiger charge is -2.04. The Morgan fingerprint density at radius 3 is 2.83 bits per heavy atom. The van der Waals surface area contributed by atoms with Crippen molar-refractivity contribution in [1.29, 1.82) is 0 Å². The molecule has 0 aliphatic rings. The third-order valence-corrected chi connectivity index (χ3v) is 2.90. The van der Waals surface area contributed by atoms with Crippen molar-refractivity contribution in [1.82, 2.24) is 14.8 Å². The number of halogens is 2. The summed E-state index contributed by atoms with van der Waals surface area (Å²) in [5.74, 6) is 0. The number of rotatable bonds is 4. The number of nitrogens with one attached hydrogen (secondary N) is 1. The molecule has 98 valence electrons. The van der Waals surface area contributed by atoms with Crippen LogP contribution in [0, 0.1) is 6.92 Å². The molecular weight excluding hydrogens is 240 g/mol. The van der Waals surface area contributed by atoms with E-state index in [4.69, 9.17) is 0 Å². The van der Waals surface area contributed by atoms with Crippen molar-refractivity contribution >= 4 is 11.0 Å². The van der Waals surface area contributed by atoms with Crippen LogP contribution in [0.4, 0.5) is 8.78 Å². The third kappa shape index (κ3) is 2.14. The Morgan fingerprint density at radius 2 is 2.22 bits per heavy atom. The second kappa shape index (κ2) is 4.88. The van der Waals surface area contributed by atoms with Gasteiger partial charge in [-0.05, 0) is 13.3 Å². The van der Waals surface area contributed by atoms with E-state index in [1.54, 1.807) is 11.6 Å². The number of aryl methyl sites for hydroxylation is 2. The number of hydrogen-bond acceptors (Lipinski definition) is 2. The maximum atomic E-state index is 12.9. The number of aromatic amines is 1. The second-order valence-electron chi connectivity index (χ2n) is 4.28. The van der Waals surface area contributed by atoms with E-state index in [-0.39, 0.29) is 5.56 Å². The molecule has 0 aliphatic carbocycles. The Bertz CT molecular complexity index is 616. The molecule has 6 heteroatoms. The van der Waals surface area contributed by atoms with E-state index < -0.39 is 12.0 Å². The average Bonchev–Trinajstić information content (AvgIpc) is 2.62. The standard InChI is InChI=1S/C12H15F2N3O/c1-3-4-5-17-12-10(7(2)16-17)8(11(13)14)6-9(18)15-12/h6,11H,3-5H2,1-2H3,(H,15,18). The Kier molecular flexibility index (Phi) is 3.45. The first-order valence-corrected chi connectivity index (χ1v) is 5.93. The molecule has 0 amide bonds. The fraction of sp³-hybridized carbons (Fsp3) is 0.500. The number of H-pyrrole nitrogens is 1. The van der Waals surface area contributed by atoms with Gasteiger partial charge in [0.05, 0.1) is 5.69 Å². The number of pyridine rings is 1. The lowest BCUT2D eigenvalue weighted by molar-refractivity contribution is 0.153. The Morgan fingerprint density at radius 1 is 1.50 bits per heavy atom. The summed E-state index contributed by atoms with van der Waals surface area (Å²) >= 11 is 0. The minimum absolute atomic E-state index is 0.242. The van der Waals surface area contributed by atoms with Gasteiger partial charge in [-0.25, -0.2) is 13.5 Å². The number of aromatic nitrogens is 3. The zero-order valence-electron chi connectivity index (χ0n) is 10.3. The molecule has 2 aromatic rings. The summed E-state index contributed by atoms with van der Waals surface area (Å²) in [6, 6.07) is 0.950. The van der Waals surface area contributed by atoms with E-state index in [0.717, 1.165) is 18.9 Å². The average molecular weight is 255 g/mol. The molecule has 0 unspecified atom stereocenters. The molecule has 0 atom stereocenters. The number of alkyl halides is 2. The fourth-order valence-electron chi connectivity index (χ4n) is 2.06. The molecule has 0 aliphatic heterocycles. The van der Waals surface area contributed by atoms with Crippen LogP contribution < -0.4 is 5.56 Å². The molecular formula is C12H15F2N3O. The van der Waals surface area contributed by atoms with Crippen molar-refractivity contribution in [3.8, 4) is 0 Å². The molecule has 0 radical (unpaired) electrons. The van der Waals surface area contributed by atoms with Crippen LogP contribution in [0.25, 0.3) is 11.0 Å². The van der Waals surface area contributed by atoms with Crippen LogP contribution in [0.3, 0.4) is 0 Å². The van der Waals surface area contributed by atoms with Gasteiger partial charge >= 0.3 is 0 Å². The van der Waals surface area contributed by atoms with E-state index in [9.17, 15) is 13.6 Å². The zero-order valence-corrected chi connectivity index (χ0v) is 10.3. The Balaban J connectivity index is 2.67. The quantitative estimate of drug-likeness (QED) is 0.913. The first kappa shape index (κ1) is 12.7. The van der Waals surface area contributed by atoms with Gasteiger partial charge in [-0.3, -0.25) is 4.79 Å². The van der Waals surface area contributed by atoms with Gasteiger partial charge in [0.1, 0.15) is 5.65 Å². The summed E-state index contributed by atoms with van der Waals surface area (Å²) in [4.78, 5) is 14.0. The fourth-order valence-corrected chi connectivity index (χ4v) is 2.06. The van der Waals surface area contributed by atoms with Gasteiger partial charge in [-0.1, -0.05) is 13.3 Å². The minimum atomic E-state index is -2.67. The van der Waals surface area contributed by atoms with Gasteiger partial charge in [0.2, 0.25) is 5.56 Å². The first-order chi connectivity index (χ1) is 8.54. The highest BCUT2D eigenvalue weighted by Gasteiger charge is 2.18. The van der Waals surface area contributed by atoms with E-state index in [1.807, 2.05) is 6.92 Å². The SMILES string of the molecule is CCCCn1nc(C)c2c(C(F)F)cc(=O)[nH]c21. The van der Waals surface area contributed by atoms with Crippen molar-refractivity contribution in [3.05, 3.63) is 27.7 Å². The predicted octanol–water partition coefficient (Wildman–Crippen LogP) is 2.77. The summed E-state index contributed by atoms with van der Waals surface area (Å²) in [5.41, 5.74) is 0.154. The largest absolute Gasteiger partial charge is 0.307 e. The zero-order chi connectivity index (χ0) is 13.3. The van der Waals surface area contributed by atoms with Gasteiger partial charge in [-0.15, -0.1) is 0 Å². The normalized spacial score (nSPS) is 11.6. The van der Waals surface area contributed by atoms with Crippen molar-refractivity contribution < 1.29 is 8.78 Å². The van der Waals surface area contributed by atoms with Crippen molar-refractivity contribution in [3.63, 3.8) is 0 Å². The number of nitrogens with zero attached hydrogens (tertiary/aromatic N) is 2. The maximum Gasteiger partial charge on any atom is 0.264 e. The summed E-state index contributed by atoms with van der Waals surface area (Å²) in [6.07, 6.45) is -0.812. The molecule has 18 heavy (non-hydrogen) atoms. The van der Waals surface area contributed by atoms with Crippen LogP contribution in [0.5, 0.6) is 0 Å². The molecule has 4 nitrogen and oxygen atoms in total. The van der Waals surface area contributed by atoms with E-state index in [1.165, 1.54) is 0 Å². The number of fused-ring (bicyclic) bond motifs is 1. The second-order valence-corrected chi connectivity index (χ2v) is 4.28. The molecule has 2 rings (SSSR count). The third-order valence-electron chi connectivity index (χ3n) is 2.90. The molecule has 0 saturated carbocycles. The highest BCUT2D eigenvalue weighted by molar-refractivity contribution is 5.82. The predicted molar refractivity (Wildman–Crippen MR) is 65.0 cm³/mol. The molecule has 0 saturated heterocycles. The highest BCUT2D eigenvalue weighted by Crippen LogP contribution is 2.27. The lowest BCUT2D eigenvalue weighted by atomic mass is 10.1. The number of hydrogen-bond donors (Lipinski definition) is 1. The van der Waals surface area contributed by atoms with Crippen molar-refractivity contribution in [2.45, 2.75) is 39.7 Å². The lowest BCUT2D eigenvalue weighted by Crippen LogP contribution is -2.10. The van der Waals surface area contributed by atoms with E-state index in [0.29, 0.717) is 23.3 Å².